The van der Waals surface area contributed by atoms with Crippen LogP contribution < -0.4 is 31.5 Å². The predicted molar refractivity (Wildman–Crippen MR) is 223 cm³/mol. The number of benzene rings is 2. The molecule has 314 valence electrons. The van der Waals surface area contributed by atoms with E-state index < -0.39 is 54.7 Å². The van der Waals surface area contributed by atoms with Crippen molar-refractivity contribution >= 4 is 52.4 Å². The Morgan fingerprint density at radius 2 is 1.56 bits per heavy atom. The highest BCUT2D eigenvalue weighted by molar-refractivity contribution is 6.02. The standard InChI is InChI=1S/C43H55N9O7/c1-7-43(5,6)52-40-32-14-10-11-15-33(32)51(24-29-12-8-9-13-31(29)39(40)49-50-52)37(57)21-20-34(54)44-22-35(55)45-23-36(56)48-38(26(2)3)42(59)46-27(4)41(58)47-30-18-16-28(25-53)17-19-30/h9-11,13-19,26-27,38,53H,7-8,12,20-25H2,1-6H3,(H,44,54)(H,45,55)(H,46,59)(H,47,58)(H,48,56)/t27-,38-/m0/s1. The van der Waals surface area contributed by atoms with Gasteiger partial charge < -0.3 is 36.6 Å². The van der Waals surface area contributed by atoms with Crippen LogP contribution in [-0.2, 0) is 40.9 Å². The third-order valence-electron chi connectivity index (χ3n) is 10.6. The van der Waals surface area contributed by atoms with Gasteiger partial charge in [-0.2, -0.15) is 0 Å². The number of para-hydroxylation sites is 1. The summed E-state index contributed by atoms with van der Waals surface area (Å²) in [5, 5.41) is 31.3. The first-order valence-electron chi connectivity index (χ1n) is 20.0. The Hall–Kier alpha value is -6.16. The molecule has 16 nitrogen and oxygen atoms in total. The van der Waals surface area contributed by atoms with E-state index in [0.717, 1.165) is 47.4 Å². The molecule has 2 heterocycles. The second-order valence-corrected chi connectivity index (χ2v) is 15.7. The lowest BCUT2D eigenvalue weighted by atomic mass is 9.89. The number of nitrogens with one attached hydrogen (secondary N) is 5. The lowest BCUT2D eigenvalue weighted by molar-refractivity contribution is -0.132. The average Bonchev–Trinajstić information content (AvgIpc) is 3.67. The fraction of sp³-hybridized carbons (Fsp3) is 0.442. The van der Waals surface area contributed by atoms with Crippen molar-refractivity contribution in [2.24, 2.45) is 5.92 Å². The fourth-order valence-electron chi connectivity index (χ4n) is 6.74. The molecule has 16 heteroatoms. The Bertz CT molecular complexity index is 2120. The minimum absolute atomic E-state index is 0.107. The molecular formula is C43H55N9O7. The summed E-state index contributed by atoms with van der Waals surface area (Å²) >= 11 is 0. The first kappa shape index (κ1) is 44.0. The largest absolute Gasteiger partial charge is 0.392 e. The van der Waals surface area contributed by atoms with Gasteiger partial charge in [0.25, 0.3) is 0 Å². The van der Waals surface area contributed by atoms with Crippen molar-refractivity contribution in [3.8, 4) is 11.3 Å². The third kappa shape index (κ3) is 10.9. The van der Waals surface area contributed by atoms with E-state index in [4.69, 9.17) is 0 Å². The summed E-state index contributed by atoms with van der Waals surface area (Å²) in [5.74, 6) is -3.45. The van der Waals surface area contributed by atoms with Gasteiger partial charge in [-0.15, -0.1) is 5.10 Å². The van der Waals surface area contributed by atoms with Crippen molar-refractivity contribution < 1.29 is 33.9 Å². The summed E-state index contributed by atoms with van der Waals surface area (Å²) in [7, 11) is 0. The van der Waals surface area contributed by atoms with E-state index in [1.54, 1.807) is 43.0 Å². The molecule has 0 bridgehead atoms. The van der Waals surface area contributed by atoms with Gasteiger partial charge in [0.15, 0.2) is 0 Å². The normalized spacial score (nSPS) is 14.5. The molecule has 2 atom stereocenters. The lowest BCUT2D eigenvalue weighted by Crippen LogP contribution is -2.55. The Labute approximate surface area is 344 Å². The molecule has 0 spiro atoms. The van der Waals surface area contributed by atoms with Crippen LogP contribution in [-0.4, -0.2) is 87.3 Å². The first-order chi connectivity index (χ1) is 28.1. The van der Waals surface area contributed by atoms with E-state index in [1.165, 1.54) is 6.92 Å². The monoisotopic (exact) mass is 809 g/mol. The zero-order valence-electron chi connectivity index (χ0n) is 34.6. The van der Waals surface area contributed by atoms with Gasteiger partial charge in [0.05, 0.1) is 36.6 Å². The molecule has 5 rings (SSSR count). The maximum Gasteiger partial charge on any atom is 0.246 e. The van der Waals surface area contributed by atoms with Crippen LogP contribution in [0.25, 0.3) is 16.8 Å². The molecular weight excluding hydrogens is 755 g/mol. The average molecular weight is 810 g/mol. The molecule has 1 aromatic heterocycles. The number of amides is 6. The van der Waals surface area contributed by atoms with E-state index in [0.29, 0.717) is 23.5 Å². The van der Waals surface area contributed by atoms with E-state index in [-0.39, 0.29) is 36.8 Å². The number of fused-ring (bicyclic) bond motifs is 4. The molecule has 0 radical (unpaired) electrons. The fourth-order valence-corrected chi connectivity index (χ4v) is 6.74. The molecule has 1 aliphatic heterocycles. The predicted octanol–water partition coefficient (Wildman–Crippen LogP) is 3.33. The minimum atomic E-state index is -1.00. The van der Waals surface area contributed by atoms with Gasteiger partial charge >= 0.3 is 0 Å². The van der Waals surface area contributed by atoms with Crippen molar-refractivity contribution in [3.63, 3.8) is 0 Å². The van der Waals surface area contributed by atoms with Gasteiger partial charge in [-0.3, -0.25) is 28.8 Å². The number of rotatable bonds is 16. The Morgan fingerprint density at radius 3 is 2.25 bits per heavy atom. The van der Waals surface area contributed by atoms with Crippen molar-refractivity contribution in [2.45, 2.75) is 97.9 Å². The van der Waals surface area contributed by atoms with Crippen molar-refractivity contribution in [1.82, 2.24) is 36.3 Å². The van der Waals surface area contributed by atoms with Crippen LogP contribution in [0.2, 0.25) is 0 Å². The van der Waals surface area contributed by atoms with Crippen LogP contribution in [0.4, 0.5) is 11.4 Å². The third-order valence-corrected chi connectivity index (χ3v) is 10.6. The number of anilines is 2. The van der Waals surface area contributed by atoms with Crippen LogP contribution in [0.1, 0.15) is 84.9 Å². The summed E-state index contributed by atoms with van der Waals surface area (Å²) in [4.78, 5) is 79.6. The highest BCUT2D eigenvalue weighted by Crippen LogP contribution is 2.43. The maximum atomic E-state index is 14.0. The number of hydrogen-bond donors (Lipinski definition) is 6. The van der Waals surface area contributed by atoms with E-state index in [1.807, 2.05) is 28.9 Å². The summed E-state index contributed by atoms with van der Waals surface area (Å²) in [6.07, 6.45) is 6.28. The number of allylic oxidation sites excluding steroid dienone is 3. The molecule has 3 aromatic rings. The quantitative estimate of drug-likeness (QED) is 0.125. The Balaban J connectivity index is 1.12. The second kappa shape index (κ2) is 19.5. The Kier molecular flexibility index (Phi) is 14.5. The van der Waals surface area contributed by atoms with Gasteiger partial charge in [0.2, 0.25) is 35.4 Å². The summed E-state index contributed by atoms with van der Waals surface area (Å²) < 4.78 is 1.94. The zero-order valence-corrected chi connectivity index (χ0v) is 34.6. The maximum absolute atomic E-state index is 14.0. The SMILES string of the molecule is CCC(C)(C)n1nnc2c1-c1ccccc1N(C(=O)CCC(=O)NCC(=O)NCC(=O)N[C@H](C(=O)N[C@@H](C)C(=O)Nc1ccc(CO)cc1)C(C)C)CC1=C2C=CCC1. The van der Waals surface area contributed by atoms with Crippen molar-refractivity contribution in [2.75, 3.05) is 29.9 Å². The molecule has 6 N–H and O–H groups in total. The van der Waals surface area contributed by atoms with Gasteiger partial charge in [-0.1, -0.05) is 68.5 Å². The molecule has 0 fully saturated rings. The minimum Gasteiger partial charge on any atom is -0.392 e. The summed E-state index contributed by atoms with van der Waals surface area (Å²) in [5.41, 5.74) is 5.97. The molecule has 2 aliphatic rings. The first-order valence-corrected chi connectivity index (χ1v) is 20.0. The van der Waals surface area contributed by atoms with Crippen molar-refractivity contribution in [1.29, 1.82) is 0 Å². The number of carbonyl (C=O) groups excluding carboxylic acids is 6. The number of aromatic nitrogens is 3. The van der Waals surface area contributed by atoms with Crippen LogP contribution >= 0.6 is 0 Å². The smallest absolute Gasteiger partial charge is 0.246 e. The molecule has 0 unspecified atom stereocenters. The number of aliphatic hydroxyl groups is 1. The highest BCUT2D eigenvalue weighted by atomic mass is 16.3. The number of nitrogens with zero attached hydrogens (tertiary/aromatic N) is 4. The van der Waals surface area contributed by atoms with E-state index in [9.17, 15) is 33.9 Å². The molecule has 59 heavy (non-hydrogen) atoms. The molecule has 6 amide bonds. The Morgan fingerprint density at radius 1 is 0.864 bits per heavy atom. The number of hydrogen-bond acceptors (Lipinski definition) is 9. The summed E-state index contributed by atoms with van der Waals surface area (Å²) in [6, 6.07) is 12.3. The summed E-state index contributed by atoms with van der Waals surface area (Å²) in [6.45, 7) is 10.6. The van der Waals surface area contributed by atoms with Gasteiger partial charge in [-0.05, 0) is 75.3 Å². The van der Waals surface area contributed by atoms with Gasteiger partial charge in [-0.25, -0.2) is 4.68 Å². The van der Waals surface area contributed by atoms with Crippen LogP contribution in [0.15, 0.2) is 66.3 Å². The number of carbonyl (C=O) groups is 6. The molecule has 0 saturated carbocycles. The topological polar surface area (TPSA) is 217 Å². The van der Waals surface area contributed by atoms with Gasteiger partial charge in [0.1, 0.15) is 17.8 Å². The van der Waals surface area contributed by atoms with Crippen LogP contribution in [0, 0.1) is 5.92 Å². The van der Waals surface area contributed by atoms with Gasteiger partial charge in [0, 0.05) is 36.2 Å². The molecule has 0 saturated heterocycles. The van der Waals surface area contributed by atoms with E-state index >= 15 is 0 Å². The molecule has 1 aliphatic carbocycles. The van der Waals surface area contributed by atoms with Crippen molar-refractivity contribution in [3.05, 3.63) is 77.5 Å². The lowest BCUT2D eigenvalue weighted by Gasteiger charge is -2.32. The second-order valence-electron chi connectivity index (χ2n) is 15.7. The molecule has 2 aromatic carbocycles. The van der Waals surface area contributed by atoms with Crippen LogP contribution in [0.5, 0.6) is 0 Å². The van der Waals surface area contributed by atoms with E-state index in [2.05, 4.69) is 69.8 Å². The van der Waals surface area contributed by atoms with Crippen LogP contribution in [0.3, 0.4) is 0 Å². The highest BCUT2D eigenvalue weighted by Gasteiger charge is 2.34. The number of aliphatic hydroxyl groups excluding tert-OH is 1. The zero-order chi connectivity index (χ0) is 42.9.